The molecule has 2 rings (SSSR count). The van der Waals surface area contributed by atoms with Crippen LogP contribution in [0.1, 0.15) is 5.56 Å². The molecule has 2 aromatic carbocycles. The van der Waals surface area contributed by atoms with Crippen LogP contribution in [0.15, 0.2) is 41.3 Å². The molecule has 0 aliphatic carbocycles. The molecule has 2 aromatic rings. The molecule has 0 aliphatic heterocycles. The topological polar surface area (TPSA) is 125 Å². The number of methoxy groups -OCH3 is 3. The van der Waals surface area contributed by atoms with Gasteiger partial charge in [0.2, 0.25) is 0 Å². The van der Waals surface area contributed by atoms with Crippen LogP contribution in [0.2, 0.25) is 0 Å². The van der Waals surface area contributed by atoms with Crippen LogP contribution in [0.5, 0.6) is 11.5 Å². The van der Waals surface area contributed by atoms with Crippen molar-refractivity contribution < 1.29 is 32.3 Å². The Bertz CT molecular complexity index is 1040. The fraction of sp³-hybridized carbons (Fsp3) is 0.278. The van der Waals surface area contributed by atoms with Gasteiger partial charge in [-0.3, -0.25) is 19.2 Å². The van der Waals surface area contributed by atoms with Crippen molar-refractivity contribution in [1.82, 2.24) is 0 Å². The van der Waals surface area contributed by atoms with Gasteiger partial charge in [0.25, 0.3) is 15.7 Å². The van der Waals surface area contributed by atoms with Crippen LogP contribution in [-0.4, -0.2) is 47.2 Å². The second-order valence-corrected chi connectivity index (χ2v) is 7.69. The summed E-state index contributed by atoms with van der Waals surface area (Å²) in [6.07, 6.45) is 0. The monoisotopic (exact) mass is 424 g/mol. The van der Waals surface area contributed by atoms with Gasteiger partial charge in [-0.15, -0.1) is 0 Å². The number of aryl methyl sites for hydroxylation is 1. The number of carbonyl (C=O) groups excluding carboxylic acids is 1. The fourth-order valence-electron chi connectivity index (χ4n) is 2.61. The number of ether oxygens (including phenoxy) is 3. The number of benzene rings is 2. The lowest BCUT2D eigenvalue weighted by atomic mass is 10.2. The number of rotatable bonds is 8. The van der Waals surface area contributed by atoms with Crippen LogP contribution in [0.4, 0.5) is 11.4 Å². The number of nitro benzene ring substituents is 1. The van der Waals surface area contributed by atoms with Crippen LogP contribution >= 0.6 is 0 Å². The Hall–Kier alpha value is -3.34. The van der Waals surface area contributed by atoms with E-state index in [0.29, 0.717) is 15.6 Å². The zero-order chi connectivity index (χ0) is 21.8. The van der Waals surface area contributed by atoms with Crippen LogP contribution in [0, 0.1) is 17.0 Å². The van der Waals surface area contributed by atoms with Crippen molar-refractivity contribution in [2.45, 2.75) is 11.8 Å². The van der Waals surface area contributed by atoms with E-state index in [2.05, 4.69) is 4.74 Å². The van der Waals surface area contributed by atoms with Gasteiger partial charge >= 0.3 is 5.97 Å². The summed E-state index contributed by atoms with van der Waals surface area (Å²) in [4.78, 5) is 22.3. The van der Waals surface area contributed by atoms with E-state index in [-0.39, 0.29) is 22.0 Å². The van der Waals surface area contributed by atoms with Crippen molar-refractivity contribution in [2.75, 3.05) is 32.2 Å². The first-order valence-electron chi connectivity index (χ1n) is 8.22. The molecule has 0 heterocycles. The number of nitrogens with zero attached hydrogens (tertiary/aromatic N) is 2. The van der Waals surface area contributed by atoms with Crippen molar-refractivity contribution in [3.05, 3.63) is 52.1 Å². The first-order valence-corrected chi connectivity index (χ1v) is 9.66. The van der Waals surface area contributed by atoms with Gasteiger partial charge in [-0.25, -0.2) is 8.42 Å². The Morgan fingerprint density at radius 1 is 1.07 bits per heavy atom. The highest BCUT2D eigenvalue weighted by Gasteiger charge is 2.31. The molecule has 0 spiro atoms. The van der Waals surface area contributed by atoms with Crippen molar-refractivity contribution in [3.8, 4) is 11.5 Å². The van der Waals surface area contributed by atoms with Gasteiger partial charge in [-0.05, 0) is 36.8 Å². The molecule has 0 aliphatic rings. The maximum atomic E-state index is 13.3. The summed E-state index contributed by atoms with van der Waals surface area (Å²) in [5.74, 6) is -0.336. The molecule has 0 aromatic heterocycles. The third-order valence-electron chi connectivity index (χ3n) is 4.10. The zero-order valence-electron chi connectivity index (χ0n) is 16.2. The van der Waals surface area contributed by atoms with Crippen LogP contribution in [0.25, 0.3) is 0 Å². The quantitative estimate of drug-likeness (QED) is 0.359. The van der Waals surface area contributed by atoms with Gasteiger partial charge in [0.15, 0.2) is 0 Å². The zero-order valence-corrected chi connectivity index (χ0v) is 17.1. The SMILES string of the molecule is COC(=O)CN(c1cc([N+](=O)[O-])ccc1OC)S(=O)(=O)c1ccc(OC)c(C)c1. The maximum Gasteiger partial charge on any atom is 0.326 e. The van der Waals surface area contributed by atoms with E-state index >= 15 is 0 Å². The third kappa shape index (κ3) is 4.57. The number of carbonyl (C=O) groups is 1. The smallest absolute Gasteiger partial charge is 0.326 e. The first kappa shape index (κ1) is 22.0. The second-order valence-electron chi connectivity index (χ2n) is 5.83. The minimum absolute atomic E-state index is 0.0355. The van der Waals surface area contributed by atoms with E-state index in [4.69, 9.17) is 9.47 Å². The average Bonchev–Trinajstić information content (AvgIpc) is 2.70. The van der Waals surface area contributed by atoms with Crippen molar-refractivity contribution >= 4 is 27.4 Å². The number of non-ortho nitro benzene ring substituents is 1. The summed E-state index contributed by atoms with van der Waals surface area (Å²) in [7, 11) is -0.466. The lowest BCUT2D eigenvalue weighted by Crippen LogP contribution is -2.36. The number of anilines is 1. The van der Waals surface area contributed by atoms with Crippen molar-refractivity contribution in [1.29, 1.82) is 0 Å². The molecule has 0 bridgehead atoms. The average molecular weight is 424 g/mol. The summed E-state index contributed by atoms with van der Waals surface area (Å²) in [6.45, 7) is 0.956. The summed E-state index contributed by atoms with van der Waals surface area (Å²) >= 11 is 0. The highest BCUT2D eigenvalue weighted by molar-refractivity contribution is 7.92. The lowest BCUT2D eigenvalue weighted by Gasteiger charge is -2.25. The maximum absolute atomic E-state index is 13.3. The summed E-state index contributed by atoms with van der Waals surface area (Å²) < 4.78 is 42.3. The Morgan fingerprint density at radius 2 is 1.69 bits per heavy atom. The molecule has 11 heteroatoms. The lowest BCUT2D eigenvalue weighted by molar-refractivity contribution is -0.384. The predicted octanol–water partition coefficient (Wildman–Crippen LogP) is 2.29. The van der Waals surface area contributed by atoms with Gasteiger partial charge in [-0.2, -0.15) is 0 Å². The molecule has 0 fully saturated rings. The molecule has 0 amide bonds. The van der Waals surface area contributed by atoms with Gasteiger partial charge in [-0.1, -0.05) is 0 Å². The van der Waals surface area contributed by atoms with Crippen LogP contribution < -0.4 is 13.8 Å². The normalized spacial score (nSPS) is 10.9. The minimum Gasteiger partial charge on any atom is -0.496 e. The Kier molecular flexibility index (Phi) is 6.64. The first-order chi connectivity index (χ1) is 13.6. The molecule has 156 valence electrons. The van der Waals surface area contributed by atoms with Crippen LogP contribution in [-0.2, 0) is 19.6 Å². The van der Waals surface area contributed by atoms with E-state index < -0.39 is 27.5 Å². The second kappa shape index (κ2) is 8.78. The van der Waals surface area contributed by atoms with E-state index in [1.807, 2.05) is 0 Å². The number of esters is 1. The van der Waals surface area contributed by atoms with Crippen molar-refractivity contribution in [3.63, 3.8) is 0 Å². The predicted molar refractivity (Wildman–Crippen MR) is 104 cm³/mol. The van der Waals surface area contributed by atoms with Gasteiger partial charge < -0.3 is 14.2 Å². The fourth-order valence-corrected chi connectivity index (χ4v) is 4.10. The Morgan fingerprint density at radius 3 is 2.21 bits per heavy atom. The standard InChI is InChI=1S/C18H20N2O8S/c1-12-9-14(6-8-16(12)26-2)29(24,25)19(11-18(21)28-4)15-10-13(20(22)23)5-7-17(15)27-3/h5-10H,11H2,1-4H3. The highest BCUT2D eigenvalue weighted by atomic mass is 32.2. The number of nitro groups is 1. The Balaban J connectivity index is 2.70. The minimum atomic E-state index is -4.31. The highest BCUT2D eigenvalue weighted by Crippen LogP contribution is 2.36. The summed E-state index contributed by atoms with van der Waals surface area (Å²) in [5, 5.41) is 11.2. The third-order valence-corrected chi connectivity index (χ3v) is 5.85. The number of hydrogen-bond donors (Lipinski definition) is 0. The molecular formula is C18H20N2O8S. The van der Waals surface area contributed by atoms with Gasteiger partial charge in [0, 0.05) is 12.1 Å². The molecule has 0 radical (unpaired) electrons. The Labute approximate surface area is 167 Å². The van der Waals surface area contributed by atoms with Crippen LogP contribution in [0.3, 0.4) is 0 Å². The summed E-state index contributed by atoms with van der Waals surface area (Å²) in [6, 6.07) is 7.62. The van der Waals surface area contributed by atoms with E-state index in [0.717, 1.165) is 13.2 Å². The number of hydrogen-bond acceptors (Lipinski definition) is 8. The molecular weight excluding hydrogens is 404 g/mol. The van der Waals surface area contributed by atoms with Gasteiger partial charge in [0.1, 0.15) is 23.7 Å². The molecule has 0 unspecified atom stereocenters. The van der Waals surface area contributed by atoms with E-state index in [1.165, 1.54) is 44.6 Å². The molecule has 10 nitrogen and oxygen atoms in total. The van der Waals surface area contributed by atoms with E-state index in [1.54, 1.807) is 6.92 Å². The molecule has 0 atom stereocenters. The van der Waals surface area contributed by atoms with E-state index in [9.17, 15) is 23.3 Å². The van der Waals surface area contributed by atoms with Gasteiger partial charge in [0.05, 0.1) is 31.1 Å². The van der Waals surface area contributed by atoms with Crippen molar-refractivity contribution in [2.24, 2.45) is 0 Å². The number of sulfonamides is 1. The molecule has 29 heavy (non-hydrogen) atoms. The molecule has 0 N–H and O–H groups in total. The molecule has 0 saturated carbocycles. The summed E-state index contributed by atoms with van der Waals surface area (Å²) in [5.41, 5.74) is 0.0231. The largest absolute Gasteiger partial charge is 0.496 e. The molecule has 0 saturated heterocycles.